The Kier molecular flexibility index (Phi) is 7.12. The van der Waals surface area contributed by atoms with Crippen molar-refractivity contribution < 1.29 is 9.47 Å². The number of thiocarbonyl (C=S) groups is 1. The first-order chi connectivity index (χ1) is 16.6. The molecule has 4 atom stereocenters. The Morgan fingerprint density at radius 1 is 0.941 bits per heavy atom. The highest BCUT2D eigenvalue weighted by molar-refractivity contribution is 7.80. The van der Waals surface area contributed by atoms with Crippen molar-refractivity contribution in [1.29, 1.82) is 0 Å². The summed E-state index contributed by atoms with van der Waals surface area (Å²) in [5, 5.41) is 11.1. The van der Waals surface area contributed by atoms with Crippen molar-refractivity contribution in [3.63, 3.8) is 0 Å². The van der Waals surface area contributed by atoms with Gasteiger partial charge in [-0.05, 0) is 43.3 Å². The first-order valence-electron chi connectivity index (χ1n) is 12.2. The van der Waals surface area contributed by atoms with Gasteiger partial charge < -0.3 is 30.3 Å². The standard InChI is InChI=1S/C25H34N6O2S/c1-31(2)18-10-8-16(9-11-18)19-12-13-26-24(28-19)29-20-14-32-23-21(15-33-22(20)23)30-25(34)27-17-6-4-3-5-7-17/h8-13,17,20-23H,3-7,14-15H2,1-2H3,(H,26,28,29)(H2,27,30,34)/t20-,21-,22+,23+/m0/s1. The van der Waals surface area contributed by atoms with Gasteiger partial charge in [-0.3, -0.25) is 0 Å². The van der Waals surface area contributed by atoms with Gasteiger partial charge in [-0.25, -0.2) is 9.97 Å². The summed E-state index contributed by atoms with van der Waals surface area (Å²) >= 11 is 5.58. The fraction of sp³-hybridized carbons (Fsp3) is 0.560. The number of fused-ring (bicyclic) bond motifs is 1. The number of hydrogen-bond acceptors (Lipinski definition) is 7. The van der Waals surface area contributed by atoms with Gasteiger partial charge in [0.2, 0.25) is 5.95 Å². The molecule has 5 rings (SSSR count). The van der Waals surface area contributed by atoms with Gasteiger partial charge in [0.25, 0.3) is 0 Å². The number of benzene rings is 1. The van der Waals surface area contributed by atoms with E-state index in [0.29, 0.717) is 30.3 Å². The monoisotopic (exact) mass is 482 g/mol. The van der Waals surface area contributed by atoms with Crippen molar-refractivity contribution in [3.05, 3.63) is 36.5 Å². The lowest BCUT2D eigenvalue weighted by atomic mass is 9.96. The average molecular weight is 483 g/mol. The maximum atomic E-state index is 6.12. The van der Waals surface area contributed by atoms with Gasteiger partial charge >= 0.3 is 0 Å². The molecule has 3 aliphatic rings. The van der Waals surface area contributed by atoms with Crippen molar-refractivity contribution >= 4 is 29.0 Å². The van der Waals surface area contributed by atoms with Crippen LogP contribution in [0.2, 0.25) is 0 Å². The zero-order valence-electron chi connectivity index (χ0n) is 19.9. The van der Waals surface area contributed by atoms with Gasteiger partial charge in [-0.15, -0.1) is 0 Å². The molecule has 3 heterocycles. The Labute approximate surface area is 206 Å². The first-order valence-corrected chi connectivity index (χ1v) is 12.7. The number of nitrogens with zero attached hydrogens (tertiary/aromatic N) is 3. The summed E-state index contributed by atoms with van der Waals surface area (Å²) < 4.78 is 12.2. The Morgan fingerprint density at radius 2 is 1.65 bits per heavy atom. The number of hydrogen-bond donors (Lipinski definition) is 3. The minimum atomic E-state index is -0.0680. The lowest BCUT2D eigenvalue weighted by Crippen LogP contribution is -2.51. The number of aromatic nitrogens is 2. The maximum Gasteiger partial charge on any atom is 0.223 e. The minimum Gasteiger partial charge on any atom is -0.378 e. The minimum absolute atomic E-state index is 0.0111. The van der Waals surface area contributed by atoms with Gasteiger partial charge in [0.15, 0.2) is 5.11 Å². The van der Waals surface area contributed by atoms with Crippen molar-refractivity contribution in [2.75, 3.05) is 37.5 Å². The van der Waals surface area contributed by atoms with Crippen LogP contribution in [0.4, 0.5) is 11.6 Å². The molecule has 0 bridgehead atoms. The van der Waals surface area contributed by atoms with Crippen LogP contribution in [0.25, 0.3) is 11.3 Å². The van der Waals surface area contributed by atoms with Crippen LogP contribution in [-0.4, -0.2) is 72.7 Å². The molecule has 3 fully saturated rings. The van der Waals surface area contributed by atoms with Gasteiger partial charge in [-0.2, -0.15) is 0 Å². The average Bonchev–Trinajstić information content (AvgIpc) is 3.43. The number of ether oxygens (including phenoxy) is 2. The maximum absolute atomic E-state index is 6.12. The molecule has 0 amide bonds. The van der Waals surface area contributed by atoms with Crippen LogP contribution < -0.4 is 20.9 Å². The van der Waals surface area contributed by atoms with E-state index >= 15 is 0 Å². The van der Waals surface area contributed by atoms with Crippen LogP contribution in [0.5, 0.6) is 0 Å². The molecule has 1 aromatic heterocycles. The highest BCUT2D eigenvalue weighted by atomic mass is 32.1. The van der Waals surface area contributed by atoms with E-state index < -0.39 is 0 Å². The molecule has 2 saturated heterocycles. The molecule has 3 N–H and O–H groups in total. The van der Waals surface area contributed by atoms with Crippen molar-refractivity contribution in [1.82, 2.24) is 20.6 Å². The fourth-order valence-corrected chi connectivity index (χ4v) is 5.39. The van der Waals surface area contributed by atoms with E-state index in [0.717, 1.165) is 16.9 Å². The second-order valence-corrected chi connectivity index (χ2v) is 10.0. The van der Waals surface area contributed by atoms with E-state index in [-0.39, 0.29) is 24.3 Å². The number of nitrogens with one attached hydrogen (secondary N) is 3. The van der Waals surface area contributed by atoms with E-state index in [1.807, 2.05) is 20.2 Å². The summed E-state index contributed by atoms with van der Waals surface area (Å²) in [4.78, 5) is 11.2. The highest BCUT2D eigenvalue weighted by Gasteiger charge is 2.48. The summed E-state index contributed by atoms with van der Waals surface area (Å²) in [5.74, 6) is 0.581. The number of rotatable bonds is 6. The van der Waals surface area contributed by atoms with Crippen molar-refractivity contribution in [3.8, 4) is 11.3 Å². The van der Waals surface area contributed by atoms with E-state index in [1.165, 1.54) is 32.1 Å². The second kappa shape index (κ2) is 10.4. The summed E-state index contributed by atoms with van der Waals surface area (Å²) in [5.41, 5.74) is 3.08. The summed E-state index contributed by atoms with van der Waals surface area (Å²) in [7, 11) is 4.06. The lowest BCUT2D eigenvalue weighted by molar-refractivity contribution is 0.0688. The van der Waals surface area contributed by atoms with Crippen LogP contribution in [0.3, 0.4) is 0 Å². The molecule has 0 radical (unpaired) electrons. The van der Waals surface area contributed by atoms with E-state index in [4.69, 9.17) is 26.7 Å². The zero-order chi connectivity index (χ0) is 23.5. The van der Waals surface area contributed by atoms with E-state index in [2.05, 4.69) is 50.1 Å². The third kappa shape index (κ3) is 5.26. The summed E-state index contributed by atoms with van der Waals surface area (Å²) in [6.45, 7) is 1.11. The van der Waals surface area contributed by atoms with Gasteiger partial charge in [0, 0.05) is 37.6 Å². The van der Waals surface area contributed by atoms with Crippen LogP contribution in [0.1, 0.15) is 32.1 Å². The first kappa shape index (κ1) is 23.3. The van der Waals surface area contributed by atoms with Crippen molar-refractivity contribution in [2.24, 2.45) is 0 Å². The third-order valence-electron chi connectivity index (χ3n) is 6.96. The Morgan fingerprint density at radius 3 is 2.38 bits per heavy atom. The molecule has 0 unspecified atom stereocenters. The molecular formula is C25H34N6O2S. The SMILES string of the molecule is CN(C)c1ccc(-c2ccnc(N[C@H]3CO[C@H]4[C@@H]3OC[C@@H]4NC(=S)NC3CCCCC3)n2)cc1. The van der Waals surface area contributed by atoms with Crippen LogP contribution in [0, 0.1) is 0 Å². The molecule has 182 valence electrons. The van der Waals surface area contributed by atoms with Gasteiger partial charge in [0.1, 0.15) is 12.2 Å². The normalized spacial score (nSPS) is 26.6. The third-order valence-corrected chi connectivity index (χ3v) is 7.20. The van der Waals surface area contributed by atoms with E-state index in [9.17, 15) is 0 Å². The van der Waals surface area contributed by atoms with Crippen LogP contribution >= 0.6 is 12.2 Å². The quantitative estimate of drug-likeness (QED) is 0.538. The van der Waals surface area contributed by atoms with Crippen LogP contribution in [0.15, 0.2) is 36.5 Å². The number of anilines is 2. The molecular weight excluding hydrogens is 448 g/mol. The predicted molar refractivity (Wildman–Crippen MR) is 138 cm³/mol. The lowest BCUT2D eigenvalue weighted by Gasteiger charge is -2.26. The molecule has 0 spiro atoms. The smallest absolute Gasteiger partial charge is 0.223 e. The van der Waals surface area contributed by atoms with E-state index in [1.54, 1.807) is 6.20 Å². The Bertz CT molecular complexity index is 982. The molecule has 2 aliphatic heterocycles. The van der Waals surface area contributed by atoms with Gasteiger partial charge in [-0.1, -0.05) is 31.4 Å². The van der Waals surface area contributed by atoms with Crippen molar-refractivity contribution in [2.45, 2.75) is 62.4 Å². The largest absolute Gasteiger partial charge is 0.378 e. The highest BCUT2D eigenvalue weighted by Crippen LogP contribution is 2.29. The second-order valence-electron chi connectivity index (χ2n) is 9.61. The predicted octanol–water partition coefficient (Wildman–Crippen LogP) is 2.95. The molecule has 9 heteroatoms. The molecule has 2 aromatic rings. The topological polar surface area (TPSA) is 83.6 Å². The van der Waals surface area contributed by atoms with Gasteiger partial charge in [0.05, 0.1) is 31.0 Å². The molecule has 1 saturated carbocycles. The molecule has 8 nitrogen and oxygen atoms in total. The molecule has 34 heavy (non-hydrogen) atoms. The molecule has 1 aliphatic carbocycles. The summed E-state index contributed by atoms with van der Waals surface area (Å²) in [6.07, 6.45) is 7.93. The Hall–Kier alpha value is -2.49. The Balaban J connectivity index is 1.17. The van der Waals surface area contributed by atoms with Crippen LogP contribution in [-0.2, 0) is 9.47 Å². The summed E-state index contributed by atoms with van der Waals surface area (Å²) in [6, 6.07) is 10.8. The zero-order valence-corrected chi connectivity index (χ0v) is 20.7. The molecule has 1 aromatic carbocycles. The fourth-order valence-electron chi connectivity index (χ4n) is 5.07.